The molecular weight excluding hydrogens is 316 g/mol. The normalized spacial score (nSPS) is 11.9. The first kappa shape index (κ1) is 15.4. The van der Waals surface area contributed by atoms with Gasteiger partial charge in [0.15, 0.2) is 0 Å². The third-order valence-corrected chi connectivity index (χ3v) is 3.41. The van der Waals surface area contributed by atoms with Gasteiger partial charge < -0.3 is 10.4 Å². The summed E-state index contributed by atoms with van der Waals surface area (Å²) in [6.45, 7) is 3.53. The number of hydrogen-bond donors (Lipinski definition) is 2. The molecule has 0 saturated heterocycles. The van der Waals surface area contributed by atoms with Crippen LogP contribution in [0.4, 0.5) is 11.4 Å². The molecule has 0 aliphatic carbocycles. The zero-order valence-electron chi connectivity index (χ0n) is 10.6. The molecule has 0 fully saturated rings. The van der Waals surface area contributed by atoms with Crippen LogP contribution in [-0.4, -0.2) is 22.0 Å². The standard InChI is InChI=1S/C12H15BrN2O4/c1-3-8(5-12(16)17)14-10-4-7(2)11(15(18)19)6-9(10)13/h4,6,8,14H,3,5H2,1-2H3,(H,16,17). The molecule has 1 aromatic rings. The van der Waals surface area contributed by atoms with E-state index in [0.717, 1.165) is 0 Å². The van der Waals surface area contributed by atoms with Gasteiger partial charge in [-0.15, -0.1) is 0 Å². The molecule has 2 N–H and O–H groups in total. The second-order valence-electron chi connectivity index (χ2n) is 4.22. The Bertz CT molecular complexity index is 505. The molecule has 0 saturated carbocycles. The van der Waals surface area contributed by atoms with E-state index in [1.165, 1.54) is 6.07 Å². The van der Waals surface area contributed by atoms with Crippen LogP contribution in [-0.2, 0) is 4.79 Å². The van der Waals surface area contributed by atoms with Crippen LogP contribution in [0.5, 0.6) is 0 Å². The number of carboxylic acids is 1. The van der Waals surface area contributed by atoms with E-state index in [-0.39, 0.29) is 18.2 Å². The lowest BCUT2D eigenvalue weighted by Crippen LogP contribution is -2.22. The first-order valence-electron chi connectivity index (χ1n) is 5.78. The van der Waals surface area contributed by atoms with Crippen molar-refractivity contribution in [1.82, 2.24) is 0 Å². The van der Waals surface area contributed by atoms with Gasteiger partial charge in [0.2, 0.25) is 0 Å². The van der Waals surface area contributed by atoms with Crippen molar-refractivity contribution < 1.29 is 14.8 Å². The van der Waals surface area contributed by atoms with E-state index in [1.54, 1.807) is 13.0 Å². The molecule has 1 rings (SSSR count). The lowest BCUT2D eigenvalue weighted by atomic mass is 10.1. The second kappa shape index (κ2) is 6.51. The highest BCUT2D eigenvalue weighted by molar-refractivity contribution is 9.10. The molecule has 0 aromatic heterocycles. The third-order valence-electron chi connectivity index (χ3n) is 2.76. The third kappa shape index (κ3) is 4.20. The van der Waals surface area contributed by atoms with Crippen molar-refractivity contribution in [3.63, 3.8) is 0 Å². The molecule has 1 atom stereocenters. The lowest BCUT2D eigenvalue weighted by molar-refractivity contribution is -0.385. The summed E-state index contributed by atoms with van der Waals surface area (Å²) in [5, 5.41) is 22.7. The Kier molecular flexibility index (Phi) is 5.29. The quantitative estimate of drug-likeness (QED) is 0.616. The van der Waals surface area contributed by atoms with Gasteiger partial charge >= 0.3 is 5.97 Å². The SMILES string of the molecule is CCC(CC(=O)O)Nc1cc(C)c([N+](=O)[O-])cc1Br. The summed E-state index contributed by atoms with van der Waals surface area (Å²) in [6.07, 6.45) is 0.647. The minimum atomic E-state index is -0.880. The molecule has 0 radical (unpaired) electrons. The van der Waals surface area contributed by atoms with Gasteiger partial charge in [0.25, 0.3) is 5.69 Å². The Hall–Kier alpha value is -1.63. The van der Waals surface area contributed by atoms with E-state index in [0.29, 0.717) is 22.1 Å². The Labute approximate surface area is 119 Å². The van der Waals surface area contributed by atoms with Gasteiger partial charge in [-0.25, -0.2) is 0 Å². The first-order valence-corrected chi connectivity index (χ1v) is 6.57. The van der Waals surface area contributed by atoms with E-state index in [2.05, 4.69) is 21.2 Å². The maximum Gasteiger partial charge on any atom is 0.305 e. The number of nitro benzene ring substituents is 1. The highest BCUT2D eigenvalue weighted by Gasteiger charge is 2.17. The van der Waals surface area contributed by atoms with Crippen LogP contribution in [0.3, 0.4) is 0 Å². The molecule has 0 amide bonds. The Morgan fingerprint density at radius 1 is 1.58 bits per heavy atom. The number of rotatable bonds is 6. The van der Waals surface area contributed by atoms with Gasteiger partial charge in [-0.05, 0) is 35.3 Å². The molecule has 0 spiro atoms. The van der Waals surface area contributed by atoms with Gasteiger partial charge in [-0.1, -0.05) is 6.92 Å². The topological polar surface area (TPSA) is 92.5 Å². The highest BCUT2D eigenvalue weighted by atomic mass is 79.9. The van der Waals surface area contributed by atoms with Crippen molar-refractivity contribution in [1.29, 1.82) is 0 Å². The first-order chi connectivity index (χ1) is 8.85. The minimum Gasteiger partial charge on any atom is -0.481 e. The predicted molar refractivity (Wildman–Crippen MR) is 75.5 cm³/mol. The van der Waals surface area contributed by atoms with Crippen LogP contribution in [0.2, 0.25) is 0 Å². The van der Waals surface area contributed by atoms with Gasteiger partial charge in [-0.2, -0.15) is 0 Å². The van der Waals surface area contributed by atoms with Gasteiger partial charge in [0.1, 0.15) is 0 Å². The second-order valence-corrected chi connectivity index (χ2v) is 5.08. The number of benzene rings is 1. The maximum absolute atomic E-state index is 10.8. The van der Waals surface area contributed by atoms with Crippen molar-refractivity contribution in [2.24, 2.45) is 0 Å². The van der Waals surface area contributed by atoms with E-state index in [1.807, 2.05) is 6.92 Å². The molecule has 0 bridgehead atoms. The number of aryl methyl sites for hydroxylation is 1. The van der Waals surface area contributed by atoms with E-state index >= 15 is 0 Å². The van der Waals surface area contributed by atoms with E-state index in [4.69, 9.17) is 5.11 Å². The average molecular weight is 331 g/mol. The molecule has 0 heterocycles. The number of anilines is 1. The number of carboxylic acid groups (broad SMARTS) is 1. The van der Waals surface area contributed by atoms with Crippen LogP contribution < -0.4 is 5.32 Å². The fourth-order valence-corrected chi connectivity index (χ4v) is 2.15. The zero-order valence-corrected chi connectivity index (χ0v) is 12.2. The van der Waals surface area contributed by atoms with Crippen LogP contribution in [0.25, 0.3) is 0 Å². The molecule has 0 aliphatic rings. The number of nitrogens with one attached hydrogen (secondary N) is 1. The smallest absolute Gasteiger partial charge is 0.305 e. The van der Waals surface area contributed by atoms with E-state index < -0.39 is 10.9 Å². The molecule has 6 nitrogen and oxygen atoms in total. The molecule has 104 valence electrons. The lowest BCUT2D eigenvalue weighted by Gasteiger charge is -2.17. The largest absolute Gasteiger partial charge is 0.481 e. The molecule has 7 heteroatoms. The van der Waals surface area contributed by atoms with Crippen molar-refractivity contribution in [2.45, 2.75) is 32.7 Å². The molecular formula is C12H15BrN2O4. The monoisotopic (exact) mass is 330 g/mol. The Morgan fingerprint density at radius 2 is 2.21 bits per heavy atom. The van der Waals surface area contributed by atoms with Crippen molar-refractivity contribution in [2.75, 3.05) is 5.32 Å². The minimum absolute atomic E-state index is 0.00102. The van der Waals surface area contributed by atoms with Crippen LogP contribution in [0, 0.1) is 17.0 Å². The van der Waals surface area contributed by atoms with Gasteiger partial charge in [0.05, 0.1) is 11.3 Å². The maximum atomic E-state index is 10.8. The summed E-state index contributed by atoms with van der Waals surface area (Å²) < 4.78 is 0.550. The van der Waals surface area contributed by atoms with Crippen molar-refractivity contribution in [3.05, 3.63) is 32.3 Å². The molecule has 1 unspecified atom stereocenters. The summed E-state index contributed by atoms with van der Waals surface area (Å²) in [6, 6.07) is 2.85. The highest BCUT2D eigenvalue weighted by Crippen LogP contribution is 2.31. The summed E-state index contributed by atoms with van der Waals surface area (Å²) in [5.74, 6) is -0.880. The number of nitrogens with zero attached hydrogens (tertiary/aromatic N) is 1. The van der Waals surface area contributed by atoms with Gasteiger partial charge in [0, 0.05) is 27.8 Å². The fourth-order valence-electron chi connectivity index (χ4n) is 1.71. The molecule has 19 heavy (non-hydrogen) atoms. The number of halogens is 1. The Morgan fingerprint density at radius 3 is 2.68 bits per heavy atom. The number of hydrogen-bond acceptors (Lipinski definition) is 4. The Balaban J connectivity index is 2.98. The van der Waals surface area contributed by atoms with Crippen LogP contribution in [0.1, 0.15) is 25.3 Å². The molecule has 0 aliphatic heterocycles. The van der Waals surface area contributed by atoms with Crippen LogP contribution >= 0.6 is 15.9 Å². The zero-order chi connectivity index (χ0) is 14.6. The fraction of sp³-hybridized carbons (Fsp3) is 0.417. The summed E-state index contributed by atoms with van der Waals surface area (Å²) in [7, 11) is 0. The van der Waals surface area contributed by atoms with Crippen molar-refractivity contribution in [3.8, 4) is 0 Å². The molecule has 1 aromatic carbocycles. The van der Waals surface area contributed by atoms with Crippen molar-refractivity contribution >= 4 is 33.3 Å². The number of carbonyl (C=O) groups is 1. The van der Waals surface area contributed by atoms with Gasteiger partial charge in [-0.3, -0.25) is 14.9 Å². The number of nitro groups is 1. The summed E-state index contributed by atoms with van der Waals surface area (Å²) >= 11 is 3.26. The average Bonchev–Trinajstić information content (AvgIpc) is 2.31. The van der Waals surface area contributed by atoms with Crippen LogP contribution in [0.15, 0.2) is 16.6 Å². The predicted octanol–water partition coefficient (Wildman–Crippen LogP) is 3.33. The number of aliphatic carboxylic acids is 1. The van der Waals surface area contributed by atoms with E-state index in [9.17, 15) is 14.9 Å². The summed E-state index contributed by atoms with van der Waals surface area (Å²) in [5.41, 5.74) is 1.22. The summed E-state index contributed by atoms with van der Waals surface area (Å²) in [4.78, 5) is 21.1.